The van der Waals surface area contributed by atoms with E-state index in [1.807, 2.05) is 54.6 Å². The van der Waals surface area contributed by atoms with Gasteiger partial charge in [0, 0.05) is 12.0 Å². The van der Waals surface area contributed by atoms with Crippen LogP contribution in [0.5, 0.6) is 0 Å². The molecule has 31 heavy (non-hydrogen) atoms. The van der Waals surface area contributed by atoms with Crippen LogP contribution in [0.25, 0.3) is 21.5 Å². The van der Waals surface area contributed by atoms with Crippen molar-refractivity contribution in [3.63, 3.8) is 0 Å². The molecule has 4 aromatic carbocycles. The van der Waals surface area contributed by atoms with Crippen molar-refractivity contribution in [2.24, 2.45) is 0 Å². The SMILES string of the molecule is COC(=O)[C@H](Cc1c2ccccc2cc2ccccc12)NC(=O)c1ccc(C#N)cc1. The van der Waals surface area contributed by atoms with Crippen LogP contribution in [0.3, 0.4) is 0 Å². The van der Waals surface area contributed by atoms with Gasteiger partial charge in [0.1, 0.15) is 6.04 Å². The third kappa shape index (κ3) is 4.10. The van der Waals surface area contributed by atoms with Crippen molar-refractivity contribution in [2.75, 3.05) is 7.11 Å². The lowest BCUT2D eigenvalue weighted by atomic mass is 9.92. The average Bonchev–Trinajstić information content (AvgIpc) is 2.82. The molecule has 0 saturated carbocycles. The molecule has 0 aliphatic rings. The second-order valence-electron chi connectivity index (χ2n) is 7.24. The predicted octanol–water partition coefficient (Wildman–Crippen LogP) is 4.38. The number of methoxy groups -OCH3 is 1. The van der Waals surface area contributed by atoms with Gasteiger partial charge < -0.3 is 10.1 Å². The molecule has 4 aromatic rings. The molecular formula is C26H20N2O3. The lowest BCUT2D eigenvalue weighted by molar-refractivity contribution is -0.142. The molecule has 0 spiro atoms. The van der Waals surface area contributed by atoms with Crippen LogP contribution in [0.1, 0.15) is 21.5 Å². The van der Waals surface area contributed by atoms with E-state index >= 15 is 0 Å². The maximum absolute atomic E-state index is 12.8. The van der Waals surface area contributed by atoms with Crippen molar-refractivity contribution in [1.82, 2.24) is 5.32 Å². The Morgan fingerprint density at radius 1 is 0.935 bits per heavy atom. The Hall–Kier alpha value is -4.17. The first kappa shape index (κ1) is 20.1. The molecule has 0 saturated heterocycles. The summed E-state index contributed by atoms with van der Waals surface area (Å²) in [4.78, 5) is 25.4. The molecule has 0 fully saturated rings. The molecule has 5 heteroatoms. The minimum absolute atomic E-state index is 0.288. The first-order valence-corrected chi connectivity index (χ1v) is 9.89. The van der Waals surface area contributed by atoms with Crippen LogP contribution in [-0.4, -0.2) is 25.0 Å². The van der Waals surface area contributed by atoms with Crippen LogP contribution in [-0.2, 0) is 16.0 Å². The highest BCUT2D eigenvalue weighted by atomic mass is 16.5. The van der Waals surface area contributed by atoms with Crippen LogP contribution < -0.4 is 5.32 Å². The van der Waals surface area contributed by atoms with E-state index in [1.54, 1.807) is 24.3 Å². The van der Waals surface area contributed by atoms with Gasteiger partial charge in [0.05, 0.1) is 18.7 Å². The average molecular weight is 408 g/mol. The molecule has 5 nitrogen and oxygen atoms in total. The number of carbonyl (C=O) groups excluding carboxylic acids is 2. The highest BCUT2D eigenvalue weighted by molar-refractivity contribution is 6.03. The fraction of sp³-hybridized carbons (Fsp3) is 0.115. The van der Waals surface area contributed by atoms with Crippen molar-refractivity contribution < 1.29 is 14.3 Å². The lowest BCUT2D eigenvalue weighted by Crippen LogP contribution is -2.43. The summed E-state index contributed by atoms with van der Waals surface area (Å²) in [7, 11) is 1.31. The quantitative estimate of drug-likeness (QED) is 0.393. The number of nitrogens with zero attached hydrogens (tertiary/aromatic N) is 1. The van der Waals surface area contributed by atoms with Gasteiger partial charge in [0.2, 0.25) is 0 Å². The van der Waals surface area contributed by atoms with Crippen LogP contribution in [0.4, 0.5) is 0 Å². The van der Waals surface area contributed by atoms with E-state index in [9.17, 15) is 9.59 Å². The number of carbonyl (C=O) groups is 2. The molecule has 0 heterocycles. The number of hydrogen-bond donors (Lipinski definition) is 1. The van der Waals surface area contributed by atoms with Gasteiger partial charge in [-0.1, -0.05) is 48.5 Å². The van der Waals surface area contributed by atoms with Gasteiger partial charge in [-0.25, -0.2) is 4.79 Å². The Bertz CT molecular complexity index is 1270. The maximum Gasteiger partial charge on any atom is 0.328 e. The van der Waals surface area contributed by atoms with E-state index in [1.165, 1.54) is 7.11 Å². The maximum atomic E-state index is 12.8. The Morgan fingerprint density at radius 2 is 1.52 bits per heavy atom. The van der Waals surface area contributed by atoms with E-state index in [0.29, 0.717) is 11.1 Å². The van der Waals surface area contributed by atoms with Crippen LogP contribution in [0.2, 0.25) is 0 Å². The number of benzene rings is 4. The summed E-state index contributed by atoms with van der Waals surface area (Å²) in [6.07, 6.45) is 0.288. The summed E-state index contributed by atoms with van der Waals surface area (Å²) in [6.45, 7) is 0. The van der Waals surface area contributed by atoms with Gasteiger partial charge in [-0.15, -0.1) is 0 Å². The number of amides is 1. The van der Waals surface area contributed by atoms with Crippen molar-refractivity contribution >= 4 is 33.4 Å². The van der Waals surface area contributed by atoms with E-state index in [-0.39, 0.29) is 6.42 Å². The smallest absolute Gasteiger partial charge is 0.328 e. The highest BCUT2D eigenvalue weighted by Crippen LogP contribution is 2.29. The molecule has 1 atom stereocenters. The van der Waals surface area contributed by atoms with E-state index < -0.39 is 17.9 Å². The van der Waals surface area contributed by atoms with Crippen molar-refractivity contribution in [3.8, 4) is 6.07 Å². The number of ether oxygens (including phenoxy) is 1. The summed E-state index contributed by atoms with van der Waals surface area (Å²) in [6, 6.07) is 25.5. The molecule has 4 rings (SSSR count). The van der Waals surface area contributed by atoms with Crippen molar-refractivity contribution in [1.29, 1.82) is 5.26 Å². The number of fused-ring (bicyclic) bond motifs is 2. The molecule has 0 radical (unpaired) electrons. The number of nitrogens with one attached hydrogen (secondary N) is 1. The van der Waals surface area contributed by atoms with Crippen LogP contribution >= 0.6 is 0 Å². The Kier molecular flexibility index (Phi) is 5.63. The van der Waals surface area contributed by atoms with Crippen LogP contribution in [0.15, 0.2) is 78.9 Å². The molecule has 0 aliphatic carbocycles. The van der Waals surface area contributed by atoms with Gasteiger partial charge in [-0.2, -0.15) is 5.26 Å². The standard InChI is InChI=1S/C26H20N2O3/c1-31-26(30)24(28-25(29)18-12-10-17(16-27)11-13-18)15-23-21-8-4-2-6-19(21)14-20-7-3-5-9-22(20)23/h2-14,24H,15H2,1H3,(H,28,29)/t24-/m0/s1. The molecule has 0 aromatic heterocycles. The molecule has 0 bridgehead atoms. The first-order valence-electron chi connectivity index (χ1n) is 9.89. The number of esters is 1. The summed E-state index contributed by atoms with van der Waals surface area (Å²) >= 11 is 0. The van der Waals surface area contributed by atoms with E-state index in [2.05, 4.69) is 11.4 Å². The van der Waals surface area contributed by atoms with Crippen LogP contribution in [0, 0.1) is 11.3 Å². The Labute approximate surface area is 179 Å². The first-order chi connectivity index (χ1) is 15.1. The lowest BCUT2D eigenvalue weighted by Gasteiger charge is -2.19. The van der Waals surface area contributed by atoms with Gasteiger partial charge >= 0.3 is 5.97 Å². The number of rotatable bonds is 5. The zero-order chi connectivity index (χ0) is 21.8. The van der Waals surface area contributed by atoms with Gasteiger partial charge in [-0.3, -0.25) is 4.79 Å². The summed E-state index contributed by atoms with van der Waals surface area (Å²) in [5.41, 5.74) is 1.81. The van der Waals surface area contributed by atoms with Gasteiger partial charge in [0.25, 0.3) is 5.91 Å². The monoisotopic (exact) mass is 408 g/mol. The van der Waals surface area contributed by atoms with Gasteiger partial charge in [0.15, 0.2) is 0 Å². The van der Waals surface area contributed by atoms with E-state index in [4.69, 9.17) is 10.00 Å². The predicted molar refractivity (Wildman–Crippen MR) is 120 cm³/mol. The fourth-order valence-electron chi connectivity index (χ4n) is 3.81. The summed E-state index contributed by atoms with van der Waals surface area (Å²) < 4.78 is 4.99. The Balaban J connectivity index is 1.72. The number of nitriles is 1. The third-order valence-electron chi connectivity index (χ3n) is 5.36. The summed E-state index contributed by atoms with van der Waals surface area (Å²) in [5.74, 6) is -0.913. The highest BCUT2D eigenvalue weighted by Gasteiger charge is 2.24. The van der Waals surface area contributed by atoms with E-state index in [0.717, 1.165) is 27.1 Å². The zero-order valence-corrected chi connectivity index (χ0v) is 17.0. The Morgan fingerprint density at radius 3 is 2.06 bits per heavy atom. The fourth-order valence-corrected chi connectivity index (χ4v) is 3.81. The summed E-state index contributed by atoms with van der Waals surface area (Å²) in [5, 5.41) is 15.9. The molecule has 0 unspecified atom stereocenters. The second-order valence-corrected chi connectivity index (χ2v) is 7.24. The van der Waals surface area contributed by atoms with Crippen molar-refractivity contribution in [2.45, 2.75) is 12.5 Å². The minimum atomic E-state index is -0.859. The third-order valence-corrected chi connectivity index (χ3v) is 5.36. The second kappa shape index (κ2) is 8.68. The minimum Gasteiger partial charge on any atom is -0.467 e. The molecule has 152 valence electrons. The molecule has 1 amide bonds. The van der Waals surface area contributed by atoms with Crippen molar-refractivity contribution in [3.05, 3.63) is 95.6 Å². The topological polar surface area (TPSA) is 79.2 Å². The molecule has 0 aliphatic heterocycles. The molecule has 1 N–H and O–H groups in total. The largest absolute Gasteiger partial charge is 0.467 e. The molecular weight excluding hydrogens is 388 g/mol. The zero-order valence-electron chi connectivity index (χ0n) is 17.0. The normalized spacial score (nSPS) is 11.6. The number of hydrogen-bond acceptors (Lipinski definition) is 4. The van der Waals surface area contributed by atoms with Gasteiger partial charge in [-0.05, 0) is 57.4 Å².